The number of carbonyl (C=O) groups excluding carboxylic acids is 1. The molecule has 2 aromatic rings. The van der Waals surface area contributed by atoms with Crippen LogP contribution >= 0.6 is 0 Å². The van der Waals surface area contributed by atoms with Gasteiger partial charge in [-0.1, -0.05) is 30.3 Å². The minimum absolute atomic E-state index is 0.102. The molecule has 0 aromatic heterocycles. The fraction of sp³-hybridized carbons (Fsp3) is 0.235. The van der Waals surface area contributed by atoms with Crippen LogP contribution in [0.25, 0.3) is 0 Å². The number of hydrogen-bond acceptors (Lipinski definition) is 2. The standard InChI is InChI=1S/C17H16O2/c1-11-4-3-5-12(2)16(11)17(18)13-6-7-14-9-19-10-15(14)8-13/h3-8H,9-10H2,1-2H3. The summed E-state index contributed by atoms with van der Waals surface area (Å²) >= 11 is 0. The van der Waals surface area contributed by atoms with E-state index in [1.807, 2.05) is 50.2 Å². The lowest BCUT2D eigenvalue weighted by molar-refractivity contribution is 0.103. The zero-order chi connectivity index (χ0) is 13.4. The summed E-state index contributed by atoms with van der Waals surface area (Å²) in [5.41, 5.74) is 5.96. The first-order valence-corrected chi connectivity index (χ1v) is 6.47. The molecule has 0 radical (unpaired) electrons. The van der Waals surface area contributed by atoms with E-state index in [-0.39, 0.29) is 5.78 Å². The number of rotatable bonds is 2. The predicted molar refractivity (Wildman–Crippen MR) is 74.3 cm³/mol. The van der Waals surface area contributed by atoms with Crippen molar-refractivity contribution in [2.45, 2.75) is 27.1 Å². The van der Waals surface area contributed by atoms with Gasteiger partial charge in [-0.25, -0.2) is 0 Å². The highest BCUT2D eigenvalue weighted by Gasteiger charge is 2.17. The minimum Gasteiger partial charge on any atom is -0.372 e. The number of aryl methyl sites for hydroxylation is 2. The number of benzene rings is 2. The summed E-state index contributed by atoms with van der Waals surface area (Å²) in [7, 11) is 0. The average molecular weight is 252 g/mol. The summed E-state index contributed by atoms with van der Waals surface area (Å²) in [5, 5.41) is 0. The number of ketones is 1. The Hall–Kier alpha value is -1.93. The van der Waals surface area contributed by atoms with Gasteiger partial charge in [-0.05, 0) is 42.2 Å². The van der Waals surface area contributed by atoms with Gasteiger partial charge in [0.2, 0.25) is 0 Å². The molecule has 0 aliphatic carbocycles. The third kappa shape index (κ3) is 2.08. The van der Waals surface area contributed by atoms with Crippen molar-refractivity contribution in [3.05, 3.63) is 69.8 Å². The lowest BCUT2D eigenvalue weighted by Crippen LogP contribution is -2.06. The first kappa shape index (κ1) is 12.1. The lowest BCUT2D eigenvalue weighted by Gasteiger charge is -2.09. The molecule has 2 nitrogen and oxygen atoms in total. The predicted octanol–water partition coefficient (Wildman–Crippen LogP) is 3.56. The average Bonchev–Trinajstić information content (AvgIpc) is 2.85. The number of hydrogen-bond donors (Lipinski definition) is 0. The van der Waals surface area contributed by atoms with E-state index in [2.05, 4.69) is 0 Å². The van der Waals surface area contributed by atoms with Crippen LogP contribution in [-0.4, -0.2) is 5.78 Å². The largest absolute Gasteiger partial charge is 0.372 e. The van der Waals surface area contributed by atoms with Gasteiger partial charge < -0.3 is 4.74 Å². The van der Waals surface area contributed by atoms with Crippen molar-refractivity contribution in [2.24, 2.45) is 0 Å². The fourth-order valence-corrected chi connectivity index (χ4v) is 2.63. The van der Waals surface area contributed by atoms with Crippen molar-refractivity contribution in [1.82, 2.24) is 0 Å². The Morgan fingerprint density at radius 2 is 1.68 bits per heavy atom. The first-order chi connectivity index (χ1) is 9.16. The molecule has 0 spiro atoms. The Morgan fingerprint density at radius 1 is 1.00 bits per heavy atom. The SMILES string of the molecule is Cc1cccc(C)c1C(=O)c1ccc2c(c1)COC2. The maximum Gasteiger partial charge on any atom is 0.193 e. The molecule has 19 heavy (non-hydrogen) atoms. The summed E-state index contributed by atoms with van der Waals surface area (Å²) < 4.78 is 5.39. The second-order valence-corrected chi connectivity index (χ2v) is 5.07. The van der Waals surface area contributed by atoms with E-state index in [0.29, 0.717) is 13.2 Å². The second-order valence-electron chi connectivity index (χ2n) is 5.07. The molecule has 0 N–H and O–H groups in total. The van der Waals surface area contributed by atoms with E-state index in [9.17, 15) is 4.79 Å². The van der Waals surface area contributed by atoms with Gasteiger partial charge >= 0.3 is 0 Å². The molecule has 0 unspecified atom stereocenters. The molecule has 1 aliphatic rings. The fourth-order valence-electron chi connectivity index (χ4n) is 2.63. The van der Waals surface area contributed by atoms with Crippen LogP contribution in [-0.2, 0) is 18.0 Å². The van der Waals surface area contributed by atoms with Crippen LogP contribution in [0.15, 0.2) is 36.4 Å². The summed E-state index contributed by atoms with van der Waals surface area (Å²) in [6.45, 7) is 5.24. The van der Waals surface area contributed by atoms with Crippen LogP contribution in [0, 0.1) is 13.8 Å². The van der Waals surface area contributed by atoms with Gasteiger partial charge in [0.25, 0.3) is 0 Å². The van der Waals surface area contributed by atoms with Crippen LogP contribution in [0.2, 0.25) is 0 Å². The molecule has 1 aliphatic heterocycles. The molecular formula is C17H16O2. The molecule has 2 heteroatoms. The van der Waals surface area contributed by atoms with Gasteiger partial charge in [0.15, 0.2) is 5.78 Å². The van der Waals surface area contributed by atoms with Crippen LogP contribution in [0.4, 0.5) is 0 Å². The quantitative estimate of drug-likeness (QED) is 0.764. The van der Waals surface area contributed by atoms with Gasteiger partial charge in [-0.3, -0.25) is 4.79 Å². The monoisotopic (exact) mass is 252 g/mol. The third-order valence-electron chi connectivity index (χ3n) is 3.69. The summed E-state index contributed by atoms with van der Waals surface area (Å²) in [4.78, 5) is 12.6. The maximum absolute atomic E-state index is 12.6. The zero-order valence-electron chi connectivity index (χ0n) is 11.2. The van der Waals surface area contributed by atoms with E-state index in [0.717, 1.165) is 27.8 Å². The van der Waals surface area contributed by atoms with Crippen molar-refractivity contribution >= 4 is 5.78 Å². The first-order valence-electron chi connectivity index (χ1n) is 6.47. The minimum atomic E-state index is 0.102. The highest BCUT2D eigenvalue weighted by atomic mass is 16.5. The van der Waals surface area contributed by atoms with Gasteiger partial charge in [0.1, 0.15) is 0 Å². The van der Waals surface area contributed by atoms with Gasteiger partial charge in [-0.2, -0.15) is 0 Å². The molecule has 0 bridgehead atoms. The van der Waals surface area contributed by atoms with Gasteiger partial charge in [-0.15, -0.1) is 0 Å². The normalized spacial score (nSPS) is 13.4. The molecule has 0 fully saturated rings. The van der Waals surface area contributed by atoms with Crippen molar-refractivity contribution in [3.63, 3.8) is 0 Å². The van der Waals surface area contributed by atoms with Crippen molar-refractivity contribution in [3.8, 4) is 0 Å². The Morgan fingerprint density at radius 3 is 2.42 bits per heavy atom. The molecule has 2 aromatic carbocycles. The van der Waals surface area contributed by atoms with Crippen LogP contribution < -0.4 is 0 Å². The molecular weight excluding hydrogens is 236 g/mol. The maximum atomic E-state index is 12.6. The number of fused-ring (bicyclic) bond motifs is 1. The molecule has 0 saturated heterocycles. The van der Waals surface area contributed by atoms with Crippen molar-refractivity contribution < 1.29 is 9.53 Å². The Kier molecular flexibility index (Phi) is 2.96. The molecule has 96 valence electrons. The summed E-state index contributed by atoms with van der Waals surface area (Å²) in [6.07, 6.45) is 0. The van der Waals surface area contributed by atoms with E-state index in [1.165, 1.54) is 5.56 Å². The summed E-state index contributed by atoms with van der Waals surface area (Å²) in [6, 6.07) is 11.8. The Balaban J connectivity index is 2.05. The molecule has 0 amide bonds. The lowest BCUT2D eigenvalue weighted by atomic mass is 9.93. The molecule has 0 atom stereocenters. The van der Waals surface area contributed by atoms with Crippen LogP contribution in [0.3, 0.4) is 0 Å². The Labute approximate surface area is 113 Å². The van der Waals surface area contributed by atoms with Crippen molar-refractivity contribution in [1.29, 1.82) is 0 Å². The Bertz CT molecular complexity index is 636. The second kappa shape index (κ2) is 4.63. The molecule has 1 heterocycles. The topological polar surface area (TPSA) is 26.3 Å². The molecule has 3 rings (SSSR count). The van der Waals surface area contributed by atoms with Gasteiger partial charge in [0, 0.05) is 11.1 Å². The zero-order valence-corrected chi connectivity index (χ0v) is 11.2. The summed E-state index contributed by atoms with van der Waals surface area (Å²) in [5.74, 6) is 0.102. The smallest absolute Gasteiger partial charge is 0.193 e. The van der Waals surface area contributed by atoms with E-state index in [4.69, 9.17) is 4.74 Å². The molecule has 0 saturated carbocycles. The third-order valence-corrected chi connectivity index (χ3v) is 3.69. The number of carbonyl (C=O) groups is 1. The number of ether oxygens (including phenoxy) is 1. The van der Waals surface area contributed by atoms with E-state index in [1.54, 1.807) is 0 Å². The van der Waals surface area contributed by atoms with Gasteiger partial charge in [0.05, 0.1) is 13.2 Å². The highest BCUT2D eigenvalue weighted by molar-refractivity contribution is 6.10. The highest BCUT2D eigenvalue weighted by Crippen LogP contribution is 2.24. The van der Waals surface area contributed by atoms with Crippen LogP contribution in [0.5, 0.6) is 0 Å². The van der Waals surface area contributed by atoms with E-state index < -0.39 is 0 Å². The van der Waals surface area contributed by atoms with Crippen molar-refractivity contribution in [2.75, 3.05) is 0 Å². The van der Waals surface area contributed by atoms with E-state index >= 15 is 0 Å². The van der Waals surface area contributed by atoms with Crippen LogP contribution in [0.1, 0.15) is 38.2 Å².